The number of hydrogen-bond donors (Lipinski definition) is 2. The molecule has 0 amide bonds. The summed E-state index contributed by atoms with van der Waals surface area (Å²) in [6.07, 6.45) is 7.71. The highest BCUT2D eigenvalue weighted by Crippen LogP contribution is 2.41. The van der Waals surface area contributed by atoms with Gasteiger partial charge in [0.25, 0.3) is 0 Å². The van der Waals surface area contributed by atoms with Crippen molar-refractivity contribution in [3.63, 3.8) is 0 Å². The van der Waals surface area contributed by atoms with Crippen LogP contribution in [0.4, 0.5) is 5.00 Å². The minimum atomic E-state index is -0.279. The van der Waals surface area contributed by atoms with Gasteiger partial charge in [-0.15, -0.1) is 11.3 Å². The van der Waals surface area contributed by atoms with E-state index in [9.17, 15) is 4.79 Å². The maximum absolute atomic E-state index is 12.7. The second-order valence-electron chi connectivity index (χ2n) is 7.63. The molecule has 0 bridgehead atoms. The van der Waals surface area contributed by atoms with Crippen LogP contribution in [-0.2, 0) is 22.5 Å². The zero-order chi connectivity index (χ0) is 19.4. The Morgan fingerprint density at radius 2 is 2.07 bits per heavy atom. The topological polar surface area (TPSA) is 59.6 Å². The molecule has 2 aliphatic rings. The Morgan fingerprint density at radius 1 is 1.33 bits per heavy atom. The number of anilines is 1. The summed E-state index contributed by atoms with van der Waals surface area (Å²) in [6.45, 7) is 6.93. The summed E-state index contributed by atoms with van der Waals surface area (Å²) < 4.78 is 11.4. The van der Waals surface area contributed by atoms with Crippen LogP contribution in [0.2, 0.25) is 0 Å². The molecule has 0 saturated heterocycles. The van der Waals surface area contributed by atoms with Crippen molar-refractivity contribution >= 4 is 39.6 Å². The SMILES string of the molecule is CCOC(=O)c1c(NC(=S)NC2CCCCC2)sc2c1C[C@@](C)(CC)OC2. The molecule has 1 aromatic rings. The van der Waals surface area contributed by atoms with Crippen LogP contribution >= 0.6 is 23.6 Å². The van der Waals surface area contributed by atoms with Crippen molar-refractivity contribution in [1.29, 1.82) is 0 Å². The average Bonchev–Trinajstić information content (AvgIpc) is 2.99. The first-order valence-electron chi connectivity index (χ1n) is 9.99. The van der Waals surface area contributed by atoms with Crippen molar-refractivity contribution in [2.24, 2.45) is 0 Å². The van der Waals surface area contributed by atoms with E-state index >= 15 is 0 Å². The second kappa shape index (κ2) is 8.88. The highest BCUT2D eigenvalue weighted by molar-refractivity contribution is 7.80. The molecule has 7 heteroatoms. The largest absolute Gasteiger partial charge is 0.462 e. The molecule has 0 spiro atoms. The van der Waals surface area contributed by atoms with E-state index in [4.69, 9.17) is 21.7 Å². The van der Waals surface area contributed by atoms with Crippen LogP contribution in [0.15, 0.2) is 0 Å². The van der Waals surface area contributed by atoms with E-state index in [2.05, 4.69) is 24.5 Å². The van der Waals surface area contributed by atoms with Gasteiger partial charge >= 0.3 is 5.97 Å². The Balaban J connectivity index is 1.81. The van der Waals surface area contributed by atoms with Crippen LogP contribution in [-0.4, -0.2) is 29.3 Å². The Kier molecular flexibility index (Phi) is 6.76. The second-order valence-corrected chi connectivity index (χ2v) is 9.14. The lowest BCUT2D eigenvalue weighted by Crippen LogP contribution is -2.39. The predicted octanol–water partition coefficient (Wildman–Crippen LogP) is 4.79. The molecule has 5 nitrogen and oxygen atoms in total. The number of nitrogens with one attached hydrogen (secondary N) is 2. The van der Waals surface area contributed by atoms with Gasteiger partial charge in [-0.2, -0.15) is 0 Å². The first kappa shape index (κ1) is 20.6. The first-order chi connectivity index (χ1) is 13.0. The molecule has 1 aliphatic heterocycles. The molecule has 1 saturated carbocycles. The van der Waals surface area contributed by atoms with E-state index < -0.39 is 0 Å². The van der Waals surface area contributed by atoms with Gasteiger partial charge in [0.2, 0.25) is 0 Å². The van der Waals surface area contributed by atoms with Crippen LogP contribution in [0.3, 0.4) is 0 Å². The molecular formula is C20H30N2O3S2. The Bertz CT molecular complexity index is 698. The van der Waals surface area contributed by atoms with Crippen molar-refractivity contribution in [2.75, 3.05) is 11.9 Å². The minimum Gasteiger partial charge on any atom is -0.462 e. The van der Waals surface area contributed by atoms with E-state index in [1.165, 1.54) is 19.3 Å². The lowest BCUT2D eigenvalue weighted by atomic mass is 9.89. The molecule has 1 aromatic heterocycles. The molecule has 150 valence electrons. The molecular weight excluding hydrogens is 380 g/mol. The van der Waals surface area contributed by atoms with E-state index in [0.717, 1.165) is 34.7 Å². The number of rotatable bonds is 5. The third-order valence-electron chi connectivity index (χ3n) is 5.59. The van der Waals surface area contributed by atoms with Gasteiger partial charge in [-0.05, 0) is 50.9 Å². The van der Waals surface area contributed by atoms with Crippen molar-refractivity contribution in [3.8, 4) is 0 Å². The smallest absolute Gasteiger partial charge is 0.341 e. The fraction of sp³-hybridized carbons (Fsp3) is 0.700. The summed E-state index contributed by atoms with van der Waals surface area (Å²) >= 11 is 7.09. The number of hydrogen-bond acceptors (Lipinski definition) is 5. The molecule has 0 unspecified atom stereocenters. The number of thiocarbonyl (C=S) groups is 1. The molecule has 1 fully saturated rings. The highest BCUT2D eigenvalue weighted by atomic mass is 32.1. The fourth-order valence-corrected chi connectivity index (χ4v) is 5.24. The van der Waals surface area contributed by atoms with Crippen molar-refractivity contribution in [3.05, 3.63) is 16.0 Å². The molecule has 2 N–H and O–H groups in total. The zero-order valence-corrected chi connectivity index (χ0v) is 18.1. The van der Waals surface area contributed by atoms with Gasteiger partial charge in [-0.3, -0.25) is 0 Å². The van der Waals surface area contributed by atoms with Crippen LogP contribution in [0, 0.1) is 0 Å². The summed E-state index contributed by atoms with van der Waals surface area (Å²) in [5.74, 6) is -0.279. The van der Waals surface area contributed by atoms with Crippen molar-refractivity contribution in [1.82, 2.24) is 5.32 Å². The molecule has 1 aliphatic carbocycles. The third-order valence-corrected chi connectivity index (χ3v) is 6.93. The van der Waals surface area contributed by atoms with E-state index in [0.29, 0.717) is 36.4 Å². The van der Waals surface area contributed by atoms with Gasteiger partial charge in [0.15, 0.2) is 5.11 Å². The van der Waals surface area contributed by atoms with E-state index in [1.54, 1.807) is 11.3 Å². The zero-order valence-electron chi connectivity index (χ0n) is 16.5. The Labute approximate surface area is 171 Å². The highest BCUT2D eigenvalue weighted by Gasteiger charge is 2.36. The maximum Gasteiger partial charge on any atom is 0.341 e. The fourth-order valence-electron chi connectivity index (χ4n) is 3.79. The molecule has 1 atom stereocenters. The predicted molar refractivity (Wildman–Crippen MR) is 114 cm³/mol. The van der Waals surface area contributed by atoms with Crippen molar-refractivity contribution < 1.29 is 14.3 Å². The average molecular weight is 411 g/mol. The van der Waals surface area contributed by atoms with E-state index in [-0.39, 0.29) is 11.6 Å². The minimum absolute atomic E-state index is 0.243. The third kappa shape index (κ3) is 4.81. The number of carbonyl (C=O) groups excluding carboxylic acids is 1. The van der Waals surface area contributed by atoms with Crippen LogP contribution < -0.4 is 10.6 Å². The molecule has 3 rings (SSSR count). The van der Waals surface area contributed by atoms with Gasteiger partial charge in [0.1, 0.15) is 5.00 Å². The summed E-state index contributed by atoms with van der Waals surface area (Å²) in [4.78, 5) is 13.8. The van der Waals surface area contributed by atoms with Gasteiger partial charge in [0.05, 0.1) is 24.4 Å². The lowest BCUT2D eigenvalue weighted by Gasteiger charge is -2.33. The number of carbonyl (C=O) groups is 1. The molecule has 2 heterocycles. The maximum atomic E-state index is 12.7. The van der Waals surface area contributed by atoms with Crippen molar-refractivity contribution in [2.45, 2.75) is 84.0 Å². The van der Waals surface area contributed by atoms with Crippen LogP contribution in [0.1, 0.15) is 80.1 Å². The van der Waals surface area contributed by atoms with Crippen LogP contribution in [0.25, 0.3) is 0 Å². The van der Waals surface area contributed by atoms with Gasteiger partial charge in [-0.1, -0.05) is 26.2 Å². The van der Waals surface area contributed by atoms with Crippen LogP contribution in [0.5, 0.6) is 0 Å². The Hall–Kier alpha value is -1.18. The molecule has 27 heavy (non-hydrogen) atoms. The number of ether oxygens (including phenoxy) is 2. The van der Waals surface area contributed by atoms with Gasteiger partial charge < -0.3 is 20.1 Å². The first-order valence-corrected chi connectivity index (χ1v) is 11.2. The molecule has 0 radical (unpaired) electrons. The Morgan fingerprint density at radius 3 is 2.74 bits per heavy atom. The molecule has 0 aromatic carbocycles. The summed E-state index contributed by atoms with van der Waals surface area (Å²) in [5, 5.41) is 8.06. The standard InChI is InChI=1S/C20H30N2O3S2/c1-4-20(3)11-14-15(12-25-20)27-17(16(14)18(23)24-5-2)22-19(26)21-13-9-7-6-8-10-13/h13H,4-12H2,1-3H3,(H2,21,22,26)/t20-/m1/s1. The number of thiophene rings is 1. The lowest BCUT2D eigenvalue weighted by molar-refractivity contribution is -0.0548. The monoisotopic (exact) mass is 410 g/mol. The quantitative estimate of drug-likeness (QED) is 0.538. The number of fused-ring (bicyclic) bond motifs is 1. The number of esters is 1. The van der Waals surface area contributed by atoms with E-state index in [1.807, 2.05) is 6.92 Å². The summed E-state index contributed by atoms with van der Waals surface area (Å²) in [7, 11) is 0. The normalized spacial score (nSPS) is 22.8. The van der Waals surface area contributed by atoms with Gasteiger partial charge in [-0.25, -0.2) is 4.79 Å². The van der Waals surface area contributed by atoms with Gasteiger partial charge in [0, 0.05) is 17.3 Å². The summed E-state index contributed by atoms with van der Waals surface area (Å²) in [6, 6.07) is 0.422. The summed E-state index contributed by atoms with van der Waals surface area (Å²) in [5.41, 5.74) is 1.44.